The first-order chi connectivity index (χ1) is 15.7. The van der Waals surface area contributed by atoms with Crippen molar-refractivity contribution < 1.29 is 13.2 Å². The fourth-order valence-electron chi connectivity index (χ4n) is 4.80. The molecule has 0 saturated carbocycles. The van der Waals surface area contributed by atoms with Crippen LogP contribution < -0.4 is 0 Å². The van der Waals surface area contributed by atoms with E-state index < -0.39 is 23.2 Å². The average molecular weight is 466 g/mol. The number of benzene rings is 2. The zero-order valence-corrected chi connectivity index (χ0v) is 19.0. The predicted octanol–water partition coefficient (Wildman–Crippen LogP) is 6.32. The average Bonchev–Trinajstić information content (AvgIpc) is 3.19. The lowest BCUT2D eigenvalue weighted by Gasteiger charge is -2.49. The number of thiophene rings is 1. The van der Waals surface area contributed by atoms with Crippen LogP contribution in [0.4, 0.5) is 13.2 Å². The molecule has 2 heterocycles. The Morgan fingerprint density at radius 2 is 1.55 bits per heavy atom. The third kappa shape index (κ3) is 4.80. The van der Waals surface area contributed by atoms with Crippen molar-refractivity contribution in [3.8, 4) is 12.1 Å². The Morgan fingerprint density at radius 3 is 2.06 bits per heavy atom. The lowest BCUT2D eigenvalue weighted by Crippen LogP contribution is -2.53. The number of alkyl halides is 1. The van der Waals surface area contributed by atoms with Gasteiger partial charge in [-0.25, -0.2) is 13.2 Å². The van der Waals surface area contributed by atoms with Crippen LogP contribution in [0.5, 0.6) is 0 Å². The Labute approximate surface area is 195 Å². The molecule has 0 aliphatic carbocycles. The van der Waals surface area contributed by atoms with Crippen LogP contribution >= 0.6 is 11.3 Å². The highest BCUT2D eigenvalue weighted by Gasteiger charge is 2.45. The van der Waals surface area contributed by atoms with Crippen LogP contribution in [0.2, 0.25) is 0 Å². The molecule has 7 heteroatoms. The number of halogens is 3. The van der Waals surface area contributed by atoms with Crippen molar-refractivity contribution >= 4 is 11.3 Å². The van der Waals surface area contributed by atoms with Crippen LogP contribution in [0.15, 0.2) is 53.9 Å². The molecule has 1 saturated heterocycles. The molecule has 0 spiro atoms. The Bertz CT molecular complexity index is 1210. The molecule has 2 aromatic carbocycles. The lowest BCUT2D eigenvalue weighted by atomic mass is 9.72. The van der Waals surface area contributed by atoms with Crippen LogP contribution in [0.25, 0.3) is 0 Å². The van der Waals surface area contributed by atoms with Crippen LogP contribution in [0, 0.1) is 40.2 Å². The van der Waals surface area contributed by atoms with Gasteiger partial charge in [-0.15, -0.1) is 11.3 Å². The summed E-state index contributed by atoms with van der Waals surface area (Å²) in [4.78, 5) is 3.15. The molecule has 168 valence electrons. The van der Waals surface area contributed by atoms with E-state index in [2.05, 4.69) is 17.0 Å². The summed E-state index contributed by atoms with van der Waals surface area (Å²) in [5, 5.41) is 20.2. The predicted molar refractivity (Wildman–Crippen MR) is 121 cm³/mol. The maximum Gasteiger partial charge on any atom is 0.126 e. The molecule has 0 bridgehead atoms. The molecule has 0 amide bonds. The molecule has 2 atom stereocenters. The van der Waals surface area contributed by atoms with Gasteiger partial charge in [0, 0.05) is 35.3 Å². The number of hydrogen-bond acceptors (Lipinski definition) is 4. The number of rotatable bonds is 6. The van der Waals surface area contributed by atoms with E-state index in [-0.39, 0.29) is 12.0 Å². The van der Waals surface area contributed by atoms with Crippen LogP contribution in [0.1, 0.15) is 52.9 Å². The minimum atomic E-state index is -1.67. The van der Waals surface area contributed by atoms with Gasteiger partial charge >= 0.3 is 0 Å². The largest absolute Gasteiger partial charge is 0.291 e. The number of likely N-dealkylation sites (tertiary alicyclic amines) is 1. The zero-order chi connectivity index (χ0) is 23.8. The van der Waals surface area contributed by atoms with Crippen molar-refractivity contribution in [3.63, 3.8) is 0 Å². The SMILES string of the molecule is CC(C)(F)C(c1cc(F)cc(F)c1)C1CN(C(c2ccc(C#N)cc2)c2cc(C#N)cs2)C1. The molecule has 33 heavy (non-hydrogen) atoms. The zero-order valence-electron chi connectivity index (χ0n) is 18.2. The summed E-state index contributed by atoms with van der Waals surface area (Å²) in [5.41, 5.74) is 0.741. The van der Waals surface area contributed by atoms with Gasteiger partial charge in [-0.3, -0.25) is 4.90 Å². The van der Waals surface area contributed by atoms with Crippen molar-refractivity contribution in [1.82, 2.24) is 4.90 Å². The fourth-order valence-corrected chi connectivity index (χ4v) is 5.80. The molecule has 0 N–H and O–H groups in total. The molecule has 1 aliphatic rings. The quantitative estimate of drug-likeness (QED) is 0.428. The maximum atomic E-state index is 15.3. The Balaban J connectivity index is 1.64. The first-order valence-electron chi connectivity index (χ1n) is 10.6. The summed E-state index contributed by atoms with van der Waals surface area (Å²) in [5.74, 6) is -2.23. The molecule has 3 aromatic rings. The molecule has 0 radical (unpaired) electrons. The van der Waals surface area contributed by atoms with E-state index in [0.29, 0.717) is 29.8 Å². The monoisotopic (exact) mass is 465 g/mol. The van der Waals surface area contributed by atoms with Crippen molar-refractivity contribution in [2.75, 3.05) is 13.1 Å². The van der Waals surface area contributed by atoms with Crippen molar-refractivity contribution in [3.05, 3.63) is 92.7 Å². The number of hydrogen-bond donors (Lipinski definition) is 0. The van der Waals surface area contributed by atoms with E-state index >= 15 is 4.39 Å². The normalized spacial score (nSPS) is 16.5. The molecular weight excluding hydrogens is 443 g/mol. The molecule has 1 aliphatic heterocycles. The van der Waals surface area contributed by atoms with Crippen molar-refractivity contribution in [2.45, 2.75) is 31.5 Å². The smallest absolute Gasteiger partial charge is 0.126 e. The third-order valence-corrected chi connectivity index (χ3v) is 7.12. The van der Waals surface area contributed by atoms with E-state index in [4.69, 9.17) is 5.26 Å². The minimum absolute atomic E-state index is 0.137. The fraction of sp³-hybridized carbons (Fsp3) is 0.308. The van der Waals surface area contributed by atoms with Gasteiger partial charge in [-0.1, -0.05) is 12.1 Å². The Kier molecular flexibility index (Phi) is 6.30. The summed E-state index contributed by atoms with van der Waals surface area (Å²) in [6, 6.07) is 16.5. The summed E-state index contributed by atoms with van der Waals surface area (Å²) in [7, 11) is 0. The van der Waals surface area contributed by atoms with Gasteiger partial charge in [-0.2, -0.15) is 10.5 Å². The van der Waals surface area contributed by atoms with Gasteiger partial charge in [0.25, 0.3) is 0 Å². The van der Waals surface area contributed by atoms with E-state index in [9.17, 15) is 14.0 Å². The Hall–Kier alpha value is -3.13. The van der Waals surface area contributed by atoms with Crippen molar-refractivity contribution in [2.24, 2.45) is 5.92 Å². The number of nitrogens with zero attached hydrogens (tertiary/aromatic N) is 3. The van der Waals surface area contributed by atoms with E-state index in [1.165, 1.54) is 37.3 Å². The van der Waals surface area contributed by atoms with Gasteiger partial charge in [0.2, 0.25) is 0 Å². The van der Waals surface area contributed by atoms with Crippen LogP contribution in [-0.2, 0) is 0 Å². The number of nitriles is 2. The van der Waals surface area contributed by atoms with Crippen LogP contribution in [0.3, 0.4) is 0 Å². The molecule has 3 nitrogen and oxygen atoms in total. The van der Waals surface area contributed by atoms with E-state index in [1.54, 1.807) is 17.5 Å². The first kappa shape index (κ1) is 23.0. The topological polar surface area (TPSA) is 50.8 Å². The second-order valence-corrected chi connectivity index (χ2v) is 9.89. The van der Waals surface area contributed by atoms with Gasteiger partial charge in [0.05, 0.1) is 23.2 Å². The highest BCUT2D eigenvalue weighted by molar-refractivity contribution is 7.10. The van der Waals surface area contributed by atoms with Gasteiger partial charge in [0.15, 0.2) is 0 Å². The summed E-state index contributed by atoms with van der Waals surface area (Å²) < 4.78 is 43.0. The third-order valence-electron chi connectivity index (χ3n) is 6.13. The molecular formula is C26H22F3N3S. The van der Waals surface area contributed by atoms with Crippen LogP contribution in [-0.4, -0.2) is 23.7 Å². The maximum absolute atomic E-state index is 15.3. The summed E-state index contributed by atoms with van der Waals surface area (Å²) in [6.45, 7) is 3.95. The minimum Gasteiger partial charge on any atom is -0.291 e. The highest BCUT2D eigenvalue weighted by Crippen LogP contribution is 2.46. The van der Waals surface area contributed by atoms with E-state index in [0.717, 1.165) is 16.5 Å². The summed E-state index contributed by atoms with van der Waals surface area (Å²) >= 11 is 1.48. The summed E-state index contributed by atoms with van der Waals surface area (Å²) in [6.07, 6.45) is 0. The Morgan fingerprint density at radius 1 is 0.939 bits per heavy atom. The highest BCUT2D eigenvalue weighted by atomic mass is 32.1. The van der Waals surface area contributed by atoms with Gasteiger partial charge in [0.1, 0.15) is 23.4 Å². The second kappa shape index (κ2) is 9.02. The molecule has 4 rings (SSSR count). The van der Waals surface area contributed by atoms with Crippen molar-refractivity contribution in [1.29, 1.82) is 10.5 Å². The molecule has 1 aromatic heterocycles. The first-order valence-corrected chi connectivity index (χ1v) is 11.4. The lowest BCUT2D eigenvalue weighted by molar-refractivity contribution is 0.00880. The second-order valence-electron chi connectivity index (χ2n) is 8.94. The molecule has 1 fully saturated rings. The van der Waals surface area contributed by atoms with Gasteiger partial charge in [-0.05, 0) is 61.2 Å². The molecule has 2 unspecified atom stereocenters. The van der Waals surface area contributed by atoms with Gasteiger partial charge < -0.3 is 0 Å². The van der Waals surface area contributed by atoms with E-state index in [1.807, 2.05) is 18.2 Å². The standard InChI is InChI=1S/C26H22F3N3S/c1-26(2,29)24(19-8-21(27)10-22(28)9-19)20-13-32(14-20)25(23-7-17(12-31)15-33-23)18-5-3-16(11-30)4-6-18/h3-10,15,20,24-25H,13-14H2,1-2H3.